The molecule has 6 nitrogen and oxygen atoms in total. The molecule has 0 aliphatic rings. The van der Waals surface area contributed by atoms with Crippen LogP contribution in [0.4, 0.5) is 11.4 Å². The van der Waals surface area contributed by atoms with Crippen LogP contribution >= 0.6 is 0 Å². The zero-order valence-electron chi connectivity index (χ0n) is 10.9. The third-order valence-corrected chi connectivity index (χ3v) is 2.52. The van der Waals surface area contributed by atoms with Gasteiger partial charge in [-0.25, -0.2) is 0 Å². The maximum absolute atomic E-state index is 11.9. The van der Waals surface area contributed by atoms with Gasteiger partial charge in [-0.05, 0) is 30.3 Å². The summed E-state index contributed by atoms with van der Waals surface area (Å²) in [6.07, 6.45) is 0. The second-order valence-corrected chi connectivity index (χ2v) is 3.78. The first-order valence-corrected chi connectivity index (χ1v) is 5.70. The molecule has 0 bridgehead atoms. The highest BCUT2D eigenvalue weighted by Crippen LogP contribution is 2.24. The van der Waals surface area contributed by atoms with E-state index in [2.05, 4.69) is 5.32 Å². The van der Waals surface area contributed by atoms with Crippen LogP contribution in [0.3, 0.4) is 0 Å². The fraction of sp³-hybridized carbons (Fsp3) is 0.0714. The van der Waals surface area contributed by atoms with Crippen LogP contribution < -0.4 is 15.8 Å². The lowest BCUT2D eigenvalue weighted by Gasteiger charge is -2.08. The molecule has 0 spiro atoms. The number of benzene rings is 2. The van der Waals surface area contributed by atoms with Crippen LogP contribution in [-0.2, 0) is 0 Å². The molecule has 0 saturated carbocycles. The Morgan fingerprint density at radius 2 is 1.80 bits per heavy atom. The predicted octanol–water partition coefficient (Wildman–Crippen LogP) is 2.56. The summed E-state index contributed by atoms with van der Waals surface area (Å²) in [5.74, 6) is 0.424. The summed E-state index contributed by atoms with van der Waals surface area (Å²) in [7, 11) is 1.55. The molecule has 1 amide bonds. The first-order valence-electron chi connectivity index (χ1n) is 5.70. The molecular formula is C14H14N4O2. The van der Waals surface area contributed by atoms with Crippen molar-refractivity contribution in [2.24, 2.45) is 0 Å². The molecule has 0 unspecified atom stereocenters. The number of ether oxygens (including phenoxy) is 1. The zero-order valence-corrected chi connectivity index (χ0v) is 10.9. The fourth-order valence-electron chi connectivity index (χ4n) is 1.60. The Kier molecular flexibility index (Phi) is 5.53. The highest BCUT2D eigenvalue weighted by Gasteiger charge is 2.06. The van der Waals surface area contributed by atoms with Crippen molar-refractivity contribution in [3.63, 3.8) is 0 Å². The van der Waals surface area contributed by atoms with Crippen LogP contribution in [0.5, 0.6) is 5.75 Å². The molecule has 0 radical (unpaired) electrons. The molecule has 3 N–H and O–H groups in total. The number of hydrogen-bond donors (Lipinski definition) is 2. The number of anilines is 2. The molecule has 0 saturated heterocycles. The number of carbonyl (C=O) groups excluding carboxylic acids is 1. The van der Waals surface area contributed by atoms with E-state index in [9.17, 15) is 4.79 Å². The first kappa shape index (κ1) is 15.0. The van der Waals surface area contributed by atoms with Gasteiger partial charge in [-0.15, -0.1) is 0 Å². The minimum Gasteiger partial charge on any atom is -0.495 e. The van der Waals surface area contributed by atoms with Gasteiger partial charge in [0.2, 0.25) is 0 Å². The van der Waals surface area contributed by atoms with Crippen molar-refractivity contribution in [1.82, 2.24) is 0 Å². The number of nitrogen functional groups attached to an aromatic ring is 1. The van der Waals surface area contributed by atoms with Crippen molar-refractivity contribution >= 4 is 17.3 Å². The van der Waals surface area contributed by atoms with Gasteiger partial charge in [0.25, 0.3) is 5.91 Å². The van der Waals surface area contributed by atoms with Gasteiger partial charge in [0.1, 0.15) is 5.75 Å². The average Bonchev–Trinajstić information content (AvgIpc) is 2.50. The van der Waals surface area contributed by atoms with E-state index in [-0.39, 0.29) is 5.91 Å². The summed E-state index contributed by atoms with van der Waals surface area (Å²) < 4.78 is 5.05. The molecule has 0 aliphatic heterocycles. The van der Waals surface area contributed by atoms with Crippen LogP contribution in [0.1, 0.15) is 10.4 Å². The number of rotatable bonds is 3. The molecule has 0 heterocycles. The summed E-state index contributed by atoms with van der Waals surface area (Å²) in [4.78, 5) is 11.9. The van der Waals surface area contributed by atoms with Gasteiger partial charge in [-0.3, -0.25) is 4.79 Å². The maximum atomic E-state index is 11.9. The van der Waals surface area contributed by atoms with Crippen molar-refractivity contribution < 1.29 is 9.53 Å². The van der Waals surface area contributed by atoms with Gasteiger partial charge < -0.3 is 15.8 Å². The summed E-state index contributed by atoms with van der Waals surface area (Å²) >= 11 is 0. The average molecular weight is 270 g/mol. The Morgan fingerprint density at radius 3 is 2.35 bits per heavy atom. The largest absolute Gasteiger partial charge is 0.495 e. The third kappa shape index (κ3) is 3.71. The van der Waals surface area contributed by atoms with Gasteiger partial charge in [-0.2, -0.15) is 0 Å². The topological polar surface area (TPSA) is 112 Å². The number of nitrogens with two attached hydrogens (primary N) is 1. The molecule has 2 rings (SSSR count). The maximum Gasteiger partial charge on any atom is 0.255 e. The van der Waals surface area contributed by atoms with Crippen molar-refractivity contribution in [2.45, 2.75) is 0 Å². The number of nitrogens with zero attached hydrogens (tertiary/aromatic N) is 2. The van der Waals surface area contributed by atoms with Crippen LogP contribution in [0, 0.1) is 10.8 Å². The number of amides is 1. The Morgan fingerprint density at radius 1 is 1.15 bits per heavy atom. The monoisotopic (exact) mass is 270 g/mol. The van der Waals surface area contributed by atoms with E-state index in [0.717, 1.165) is 0 Å². The summed E-state index contributed by atoms with van der Waals surface area (Å²) in [6.45, 7) is 0. The van der Waals surface area contributed by atoms with E-state index >= 15 is 0 Å². The highest BCUT2D eigenvalue weighted by molar-refractivity contribution is 6.04. The molecule has 0 aliphatic carbocycles. The SMILES string of the molecule is COc1ccc(NC(=O)c2ccccc2)cc1N.N#N. The number of nitrogens with one attached hydrogen (secondary N) is 1. The van der Waals surface area contributed by atoms with E-state index in [1.165, 1.54) is 0 Å². The Bertz CT molecular complexity index is 597. The van der Waals surface area contributed by atoms with Crippen LogP contribution in [0.25, 0.3) is 0 Å². The molecule has 102 valence electrons. The standard InChI is InChI=1S/C14H14N2O2.N2/c1-18-13-8-7-11(9-12(13)15)16-14(17)10-5-3-2-4-6-10;1-2/h2-9H,15H2,1H3,(H,16,17);. The van der Waals surface area contributed by atoms with Gasteiger partial charge in [-0.1, -0.05) is 18.2 Å². The van der Waals surface area contributed by atoms with Gasteiger partial charge in [0.05, 0.1) is 12.8 Å². The van der Waals surface area contributed by atoms with Gasteiger partial charge >= 0.3 is 0 Å². The Hall–Kier alpha value is -3.07. The summed E-state index contributed by atoms with van der Waals surface area (Å²) in [6, 6.07) is 14.1. The smallest absolute Gasteiger partial charge is 0.255 e. The molecule has 0 atom stereocenters. The quantitative estimate of drug-likeness (QED) is 0.657. The normalized spacial score (nSPS) is 8.95. The summed E-state index contributed by atoms with van der Waals surface area (Å²) in [5, 5.41) is 14.8. The van der Waals surface area contributed by atoms with E-state index < -0.39 is 0 Å². The second kappa shape index (κ2) is 7.38. The minimum absolute atomic E-state index is 0.167. The Balaban J connectivity index is 0.000000956. The molecule has 0 fully saturated rings. The fourth-order valence-corrected chi connectivity index (χ4v) is 1.60. The highest BCUT2D eigenvalue weighted by atomic mass is 16.5. The number of methoxy groups -OCH3 is 1. The minimum atomic E-state index is -0.167. The van der Waals surface area contributed by atoms with E-state index in [4.69, 9.17) is 21.3 Å². The molecule has 2 aromatic rings. The summed E-state index contributed by atoms with van der Waals surface area (Å²) in [5.41, 5.74) is 7.50. The number of carbonyl (C=O) groups is 1. The third-order valence-electron chi connectivity index (χ3n) is 2.52. The predicted molar refractivity (Wildman–Crippen MR) is 75.3 cm³/mol. The zero-order chi connectivity index (χ0) is 15.0. The van der Waals surface area contributed by atoms with Gasteiger partial charge in [0.15, 0.2) is 0 Å². The van der Waals surface area contributed by atoms with Crippen molar-refractivity contribution in [1.29, 1.82) is 10.8 Å². The van der Waals surface area contributed by atoms with Gasteiger partial charge in [0, 0.05) is 22.0 Å². The lowest BCUT2D eigenvalue weighted by atomic mass is 10.2. The van der Waals surface area contributed by atoms with Crippen LogP contribution in [-0.4, -0.2) is 13.0 Å². The molecular weight excluding hydrogens is 256 g/mol. The van der Waals surface area contributed by atoms with E-state index in [1.54, 1.807) is 37.4 Å². The Labute approximate surface area is 116 Å². The molecule has 6 heteroatoms. The lowest BCUT2D eigenvalue weighted by Crippen LogP contribution is -2.11. The first-order chi connectivity index (χ1) is 9.70. The molecule has 20 heavy (non-hydrogen) atoms. The van der Waals surface area contributed by atoms with Crippen LogP contribution in [0.15, 0.2) is 48.5 Å². The lowest BCUT2D eigenvalue weighted by molar-refractivity contribution is 0.102. The molecule has 2 aromatic carbocycles. The van der Waals surface area contributed by atoms with Crippen molar-refractivity contribution in [2.75, 3.05) is 18.2 Å². The van der Waals surface area contributed by atoms with E-state index in [1.807, 2.05) is 18.2 Å². The van der Waals surface area contributed by atoms with Crippen LogP contribution in [0.2, 0.25) is 0 Å². The second-order valence-electron chi connectivity index (χ2n) is 3.78. The van der Waals surface area contributed by atoms with Crippen molar-refractivity contribution in [3.8, 4) is 5.75 Å². The molecule has 0 aromatic heterocycles. The number of hydrogen-bond acceptors (Lipinski definition) is 5. The van der Waals surface area contributed by atoms with Crippen molar-refractivity contribution in [3.05, 3.63) is 54.1 Å². The van der Waals surface area contributed by atoms with E-state index in [0.29, 0.717) is 22.7 Å².